The van der Waals surface area contributed by atoms with Crippen LogP contribution in [0.4, 0.5) is 0 Å². The van der Waals surface area contributed by atoms with Gasteiger partial charge in [0.1, 0.15) is 18.5 Å². The van der Waals surface area contributed by atoms with E-state index in [2.05, 4.69) is 43.3 Å². The maximum absolute atomic E-state index is 12.1. The van der Waals surface area contributed by atoms with Gasteiger partial charge in [-0.15, -0.1) is 0 Å². The Balaban J connectivity index is 1.47. The molecule has 5 heteroatoms. The number of hydrogen-bond acceptors (Lipinski definition) is 5. The van der Waals surface area contributed by atoms with Gasteiger partial charge in [0.05, 0.1) is 5.69 Å². The molecule has 0 amide bonds. The van der Waals surface area contributed by atoms with Crippen molar-refractivity contribution in [1.29, 1.82) is 0 Å². The fourth-order valence-corrected chi connectivity index (χ4v) is 4.16. The highest BCUT2D eigenvalue weighted by molar-refractivity contribution is 5.74. The molecule has 0 aliphatic rings. The molecule has 0 N–H and O–H groups in total. The van der Waals surface area contributed by atoms with Crippen LogP contribution in [0.2, 0.25) is 0 Å². The molecule has 0 aliphatic heterocycles. The van der Waals surface area contributed by atoms with E-state index in [0.29, 0.717) is 6.61 Å². The standard InChI is InChI=1S/C33H43NO4/c1-5-7-8-9-10-11-27-12-21-32(34-23-27)30-15-13-28(14-16-30)29-17-19-31(20-18-29)37-24-25(3)38-33(35)26(4)36-22-6-2/h12-21,23,25-26H,5-11,22,24H2,1-4H3/t25-,26?/m0/s1. The van der Waals surface area contributed by atoms with Gasteiger partial charge in [-0.2, -0.15) is 0 Å². The lowest BCUT2D eigenvalue weighted by molar-refractivity contribution is -0.162. The van der Waals surface area contributed by atoms with Crippen LogP contribution in [0.25, 0.3) is 22.4 Å². The zero-order chi connectivity index (χ0) is 27.2. The molecule has 3 aromatic rings. The number of pyridine rings is 1. The number of benzene rings is 2. The average molecular weight is 518 g/mol. The Kier molecular flexibility index (Phi) is 12.3. The molecule has 0 radical (unpaired) electrons. The maximum atomic E-state index is 12.1. The molecule has 0 aliphatic carbocycles. The number of carbonyl (C=O) groups excluding carboxylic acids is 1. The van der Waals surface area contributed by atoms with Crippen molar-refractivity contribution in [1.82, 2.24) is 4.98 Å². The van der Waals surface area contributed by atoms with E-state index in [1.165, 1.54) is 37.7 Å². The minimum atomic E-state index is -0.566. The number of rotatable bonds is 16. The van der Waals surface area contributed by atoms with Crippen LogP contribution in [-0.4, -0.2) is 36.4 Å². The largest absolute Gasteiger partial charge is 0.490 e. The Morgan fingerprint density at radius 1 is 0.789 bits per heavy atom. The molecule has 1 unspecified atom stereocenters. The summed E-state index contributed by atoms with van der Waals surface area (Å²) in [6.45, 7) is 8.60. The lowest BCUT2D eigenvalue weighted by atomic mass is 10.0. The van der Waals surface area contributed by atoms with Gasteiger partial charge in [-0.3, -0.25) is 4.98 Å². The van der Waals surface area contributed by atoms with Crippen molar-refractivity contribution in [3.05, 3.63) is 72.4 Å². The van der Waals surface area contributed by atoms with Gasteiger partial charge in [0.2, 0.25) is 0 Å². The number of hydrogen-bond donors (Lipinski definition) is 0. The Bertz CT molecular complexity index is 1080. The van der Waals surface area contributed by atoms with Crippen LogP contribution in [0.5, 0.6) is 5.75 Å². The second-order valence-corrected chi connectivity index (χ2v) is 9.89. The fraction of sp³-hybridized carbons (Fsp3) is 0.455. The van der Waals surface area contributed by atoms with Gasteiger partial charge in [-0.25, -0.2) is 4.79 Å². The molecular formula is C33H43NO4. The third-order valence-electron chi connectivity index (χ3n) is 6.47. The number of ether oxygens (including phenoxy) is 3. The Morgan fingerprint density at radius 3 is 2.08 bits per heavy atom. The fourth-order valence-electron chi connectivity index (χ4n) is 4.16. The van der Waals surface area contributed by atoms with Crippen LogP contribution >= 0.6 is 0 Å². The van der Waals surface area contributed by atoms with Crippen LogP contribution in [0.15, 0.2) is 66.9 Å². The van der Waals surface area contributed by atoms with Gasteiger partial charge < -0.3 is 14.2 Å². The van der Waals surface area contributed by atoms with E-state index in [0.717, 1.165) is 41.0 Å². The molecule has 2 atom stereocenters. The zero-order valence-corrected chi connectivity index (χ0v) is 23.4. The summed E-state index contributed by atoms with van der Waals surface area (Å²) >= 11 is 0. The summed E-state index contributed by atoms with van der Waals surface area (Å²) in [7, 11) is 0. The topological polar surface area (TPSA) is 57.7 Å². The van der Waals surface area contributed by atoms with Crippen molar-refractivity contribution < 1.29 is 19.0 Å². The van der Waals surface area contributed by atoms with E-state index in [1.54, 1.807) is 6.92 Å². The third kappa shape index (κ3) is 9.60. The van der Waals surface area contributed by atoms with Crippen LogP contribution < -0.4 is 4.74 Å². The van der Waals surface area contributed by atoms with E-state index in [9.17, 15) is 4.79 Å². The molecular weight excluding hydrogens is 474 g/mol. The molecule has 38 heavy (non-hydrogen) atoms. The summed E-state index contributed by atoms with van der Waals surface area (Å²) in [6.07, 6.45) is 9.53. The van der Waals surface area contributed by atoms with Crippen molar-refractivity contribution in [3.8, 4) is 28.1 Å². The predicted molar refractivity (Wildman–Crippen MR) is 154 cm³/mol. The first kappa shape index (κ1) is 29.4. The average Bonchev–Trinajstić information content (AvgIpc) is 2.95. The predicted octanol–water partition coefficient (Wildman–Crippen LogP) is 8.05. The molecule has 0 saturated carbocycles. The molecule has 204 valence electrons. The third-order valence-corrected chi connectivity index (χ3v) is 6.47. The number of unbranched alkanes of at least 4 members (excludes halogenated alkanes) is 4. The van der Waals surface area contributed by atoms with Crippen LogP contribution in [0.3, 0.4) is 0 Å². The highest BCUT2D eigenvalue weighted by Crippen LogP contribution is 2.26. The molecule has 0 saturated heterocycles. The zero-order valence-electron chi connectivity index (χ0n) is 23.4. The molecule has 0 spiro atoms. The monoisotopic (exact) mass is 517 g/mol. The number of aryl methyl sites for hydroxylation is 1. The SMILES string of the molecule is CCCCCCCc1ccc(-c2ccc(-c3ccc(OC[C@H](C)OC(=O)C(C)OCCC)cc3)cc2)nc1. The lowest BCUT2D eigenvalue weighted by Crippen LogP contribution is -2.30. The van der Waals surface area contributed by atoms with Gasteiger partial charge in [0.15, 0.2) is 6.10 Å². The quantitative estimate of drug-likeness (QED) is 0.142. The Morgan fingerprint density at radius 2 is 1.45 bits per heavy atom. The van der Waals surface area contributed by atoms with E-state index in [-0.39, 0.29) is 18.7 Å². The first-order chi connectivity index (χ1) is 18.5. The summed E-state index contributed by atoms with van der Waals surface area (Å²) in [5.41, 5.74) is 5.66. The molecule has 5 nitrogen and oxygen atoms in total. The lowest BCUT2D eigenvalue weighted by Gasteiger charge is -2.17. The van der Waals surface area contributed by atoms with Crippen molar-refractivity contribution in [3.63, 3.8) is 0 Å². The molecule has 0 fully saturated rings. The number of aromatic nitrogens is 1. The second-order valence-electron chi connectivity index (χ2n) is 9.89. The minimum Gasteiger partial charge on any atom is -0.490 e. The van der Waals surface area contributed by atoms with E-state index in [4.69, 9.17) is 19.2 Å². The summed E-state index contributed by atoms with van der Waals surface area (Å²) in [5.74, 6) is 0.371. The van der Waals surface area contributed by atoms with Gasteiger partial charge in [-0.05, 0) is 68.0 Å². The maximum Gasteiger partial charge on any atom is 0.335 e. The highest BCUT2D eigenvalue weighted by atomic mass is 16.6. The second kappa shape index (κ2) is 15.9. The molecule has 2 aromatic carbocycles. The molecule has 0 bridgehead atoms. The Labute approximate surface area is 228 Å². The Hall–Kier alpha value is -3.18. The van der Waals surface area contributed by atoms with Crippen LogP contribution in [0, 0.1) is 0 Å². The summed E-state index contributed by atoms with van der Waals surface area (Å²) < 4.78 is 16.6. The summed E-state index contributed by atoms with van der Waals surface area (Å²) in [5, 5.41) is 0. The van der Waals surface area contributed by atoms with E-state index >= 15 is 0 Å². The van der Waals surface area contributed by atoms with E-state index in [1.807, 2.05) is 44.3 Å². The van der Waals surface area contributed by atoms with Crippen molar-refractivity contribution >= 4 is 5.97 Å². The normalized spacial score (nSPS) is 12.6. The summed E-state index contributed by atoms with van der Waals surface area (Å²) in [6, 6.07) is 20.8. The summed E-state index contributed by atoms with van der Waals surface area (Å²) in [4.78, 5) is 16.8. The highest BCUT2D eigenvalue weighted by Gasteiger charge is 2.18. The van der Waals surface area contributed by atoms with Crippen molar-refractivity contribution in [2.75, 3.05) is 13.2 Å². The van der Waals surface area contributed by atoms with Crippen molar-refractivity contribution in [2.24, 2.45) is 0 Å². The van der Waals surface area contributed by atoms with Crippen LogP contribution in [0.1, 0.15) is 71.8 Å². The van der Waals surface area contributed by atoms with Gasteiger partial charge in [0.25, 0.3) is 0 Å². The number of nitrogens with zero attached hydrogens (tertiary/aromatic N) is 1. The molecule has 1 aromatic heterocycles. The number of carbonyl (C=O) groups is 1. The smallest absolute Gasteiger partial charge is 0.335 e. The first-order valence-electron chi connectivity index (χ1n) is 14.1. The molecule has 3 rings (SSSR count). The van der Waals surface area contributed by atoms with Gasteiger partial charge >= 0.3 is 5.97 Å². The van der Waals surface area contributed by atoms with Crippen LogP contribution in [-0.2, 0) is 20.7 Å². The van der Waals surface area contributed by atoms with Gasteiger partial charge in [0, 0.05) is 18.4 Å². The van der Waals surface area contributed by atoms with Gasteiger partial charge in [-0.1, -0.05) is 82.0 Å². The van der Waals surface area contributed by atoms with E-state index < -0.39 is 6.10 Å². The number of esters is 1. The molecule has 1 heterocycles. The first-order valence-corrected chi connectivity index (χ1v) is 14.1. The minimum absolute atomic E-state index is 0.283. The van der Waals surface area contributed by atoms with Crippen molar-refractivity contribution in [2.45, 2.75) is 84.8 Å².